The van der Waals surface area contributed by atoms with Gasteiger partial charge in [0.1, 0.15) is 11.2 Å². The first-order valence-electron chi connectivity index (χ1n) is 11.8. The minimum absolute atomic E-state index is 0.00219. The fraction of sp³-hybridized carbons (Fsp3) is 0.333. The van der Waals surface area contributed by atoms with Crippen LogP contribution in [0.25, 0.3) is 0 Å². The lowest BCUT2D eigenvalue weighted by Gasteiger charge is -2.40. The normalized spacial score (nSPS) is 21.0. The van der Waals surface area contributed by atoms with Crippen LogP contribution in [0.2, 0.25) is 5.02 Å². The maximum Gasteiger partial charge on any atom is 0.441 e. The summed E-state index contributed by atoms with van der Waals surface area (Å²) in [6.45, 7) is 4.65. The number of primary amides is 1. The van der Waals surface area contributed by atoms with Gasteiger partial charge in [-0.1, -0.05) is 48.0 Å². The highest BCUT2D eigenvalue weighted by molar-refractivity contribution is 14.1. The van der Waals surface area contributed by atoms with Gasteiger partial charge < -0.3 is 20.9 Å². The zero-order valence-corrected chi connectivity index (χ0v) is 24.2. The molecule has 0 fully saturated rings. The Bertz CT molecular complexity index is 1360. The molecular weight excluding hydrogens is 674 g/mol. The number of alkyl halides is 5. The summed E-state index contributed by atoms with van der Waals surface area (Å²) in [5, 5.41) is 13.5. The highest BCUT2D eigenvalue weighted by Gasteiger charge is 2.72. The number of benzene rings is 2. The summed E-state index contributed by atoms with van der Waals surface area (Å²) >= 11 is 7.55. The SMILES string of the molecule is Cc1cc(C(O)(C(F)(F)F)C(F)(F)Oc2ccc(Cl)cc2)ccc1C1(C(N)=O)C=CC=C(I)C1C(=O)NC(C)C. The number of hydrogen-bond donors (Lipinski definition) is 3. The Hall–Kier alpha value is -2.71. The van der Waals surface area contributed by atoms with Crippen molar-refractivity contribution in [3.8, 4) is 5.75 Å². The highest BCUT2D eigenvalue weighted by Crippen LogP contribution is 2.51. The van der Waals surface area contributed by atoms with Crippen LogP contribution in [0, 0.1) is 12.8 Å². The van der Waals surface area contributed by atoms with Crippen molar-refractivity contribution in [3.05, 3.63) is 86.0 Å². The number of allylic oxidation sites excluding steroid dienone is 2. The van der Waals surface area contributed by atoms with E-state index in [9.17, 15) is 27.9 Å². The van der Waals surface area contributed by atoms with E-state index in [1.165, 1.54) is 19.1 Å². The van der Waals surface area contributed by atoms with E-state index in [2.05, 4.69) is 10.1 Å². The molecular formula is C27H25ClF5IN2O4. The molecule has 4 N–H and O–H groups in total. The van der Waals surface area contributed by atoms with Crippen LogP contribution in [-0.4, -0.2) is 35.2 Å². The van der Waals surface area contributed by atoms with Crippen molar-refractivity contribution in [2.45, 2.75) is 50.1 Å². The number of amides is 2. The molecule has 13 heteroatoms. The Labute approximate surface area is 245 Å². The summed E-state index contributed by atoms with van der Waals surface area (Å²) in [6, 6.07) is 6.03. The Kier molecular flexibility index (Phi) is 8.97. The zero-order valence-electron chi connectivity index (χ0n) is 21.3. The molecule has 1 aliphatic carbocycles. The van der Waals surface area contributed by atoms with Gasteiger partial charge in [-0.25, -0.2) is 0 Å². The van der Waals surface area contributed by atoms with Gasteiger partial charge in [0.25, 0.3) is 5.60 Å². The fourth-order valence-corrected chi connectivity index (χ4v) is 5.69. The predicted molar refractivity (Wildman–Crippen MR) is 147 cm³/mol. The Morgan fingerprint density at radius 1 is 1.12 bits per heavy atom. The summed E-state index contributed by atoms with van der Waals surface area (Å²) in [6.07, 6.45) is -6.73. The summed E-state index contributed by atoms with van der Waals surface area (Å²) in [5.41, 5.74) is -2.25. The smallest absolute Gasteiger partial charge is 0.430 e. The van der Waals surface area contributed by atoms with Gasteiger partial charge in [0.2, 0.25) is 11.8 Å². The average molecular weight is 699 g/mol. The van der Waals surface area contributed by atoms with Gasteiger partial charge in [0, 0.05) is 20.2 Å². The average Bonchev–Trinajstić information content (AvgIpc) is 2.83. The molecule has 0 aliphatic heterocycles. The van der Waals surface area contributed by atoms with Gasteiger partial charge in [-0.2, -0.15) is 22.0 Å². The standard InChI is InChI=1S/C27H25ClF5IN2O4/c1-14(2)36-22(37)21-20(34)5-4-12-24(21,23(35)38)19-11-6-16(13-15(19)3)25(39,26(29,30)31)27(32,33)40-18-9-7-17(28)8-10-18/h4-14,21,39H,1-3H3,(H2,35,38)(H,36,37). The van der Waals surface area contributed by atoms with Crippen molar-refractivity contribution in [2.24, 2.45) is 11.7 Å². The minimum Gasteiger partial charge on any atom is -0.430 e. The van der Waals surface area contributed by atoms with Gasteiger partial charge in [0.15, 0.2) is 0 Å². The first-order valence-corrected chi connectivity index (χ1v) is 13.2. The van der Waals surface area contributed by atoms with E-state index < -0.39 is 52.3 Å². The maximum absolute atomic E-state index is 15.2. The Morgan fingerprint density at radius 3 is 2.23 bits per heavy atom. The van der Waals surface area contributed by atoms with E-state index in [4.69, 9.17) is 17.3 Å². The van der Waals surface area contributed by atoms with Crippen molar-refractivity contribution < 1.29 is 41.4 Å². The van der Waals surface area contributed by atoms with E-state index in [1.807, 2.05) is 22.6 Å². The largest absolute Gasteiger partial charge is 0.441 e. The lowest BCUT2D eigenvalue weighted by Crippen LogP contribution is -2.59. The second-order valence-electron chi connectivity index (χ2n) is 9.55. The first-order chi connectivity index (χ1) is 18.4. The Balaban J connectivity index is 2.19. The van der Waals surface area contributed by atoms with Crippen LogP contribution in [0.1, 0.15) is 30.5 Å². The van der Waals surface area contributed by atoms with Gasteiger partial charge in [-0.3, -0.25) is 9.59 Å². The number of rotatable bonds is 8. The van der Waals surface area contributed by atoms with Crippen molar-refractivity contribution >= 4 is 46.0 Å². The molecule has 3 rings (SSSR count). The molecule has 2 amide bonds. The minimum atomic E-state index is -5.92. The summed E-state index contributed by atoms with van der Waals surface area (Å²) in [7, 11) is 0. The molecule has 0 saturated carbocycles. The van der Waals surface area contributed by atoms with Crippen LogP contribution in [0.4, 0.5) is 22.0 Å². The molecule has 3 unspecified atom stereocenters. The molecule has 40 heavy (non-hydrogen) atoms. The monoisotopic (exact) mass is 698 g/mol. The Morgan fingerprint density at radius 2 is 1.73 bits per heavy atom. The third-order valence-electron chi connectivity index (χ3n) is 6.43. The third-order valence-corrected chi connectivity index (χ3v) is 7.66. The third kappa shape index (κ3) is 5.57. The van der Waals surface area contributed by atoms with Crippen LogP contribution in [0.15, 0.2) is 64.3 Å². The number of carbonyl (C=O) groups excluding carboxylic acids is 2. The molecule has 3 atom stereocenters. The van der Waals surface area contributed by atoms with E-state index >= 15 is 8.78 Å². The van der Waals surface area contributed by atoms with Crippen LogP contribution in [-0.2, 0) is 20.6 Å². The number of aliphatic hydroxyl groups is 1. The van der Waals surface area contributed by atoms with E-state index in [0.717, 1.165) is 30.3 Å². The van der Waals surface area contributed by atoms with Crippen LogP contribution < -0.4 is 15.8 Å². The van der Waals surface area contributed by atoms with E-state index in [0.29, 0.717) is 15.7 Å². The fourth-order valence-electron chi connectivity index (χ4n) is 4.58. The number of halogens is 7. The number of hydrogen-bond acceptors (Lipinski definition) is 4. The molecule has 2 aromatic rings. The van der Waals surface area contributed by atoms with Crippen LogP contribution in [0.5, 0.6) is 5.75 Å². The second-order valence-corrected chi connectivity index (χ2v) is 11.2. The number of carbonyl (C=O) groups is 2. The van der Waals surface area contributed by atoms with Crippen LogP contribution >= 0.6 is 34.2 Å². The van der Waals surface area contributed by atoms with Gasteiger partial charge in [-0.15, -0.1) is 0 Å². The molecule has 0 heterocycles. The van der Waals surface area contributed by atoms with Crippen molar-refractivity contribution in [1.82, 2.24) is 5.32 Å². The first kappa shape index (κ1) is 31.8. The molecule has 0 bridgehead atoms. The molecule has 2 aromatic carbocycles. The number of nitrogens with two attached hydrogens (primary N) is 1. The van der Waals surface area contributed by atoms with Crippen molar-refractivity contribution in [1.29, 1.82) is 0 Å². The van der Waals surface area contributed by atoms with E-state index in [-0.39, 0.29) is 22.2 Å². The summed E-state index contributed by atoms with van der Waals surface area (Å²) in [5.74, 6) is -3.44. The quantitative estimate of drug-likeness (QED) is 0.239. The summed E-state index contributed by atoms with van der Waals surface area (Å²) < 4.78 is 77.8. The maximum atomic E-state index is 15.2. The van der Waals surface area contributed by atoms with E-state index in [1.54, 1.807) is 19.9 Å². The summed E-state index contributed by atoms with van der Waals surface area (Å²) in [4.78, 5) is 26.2. The molecule has 6 nitrogen and oxygen atoms in total. The predicted octanol–water partition coefficient (Wildman–Crippen LogP) is 5.82. The zero-order chi connectivity index (χ0) is 30.3. The highest BCUT2D eigenvalue weighted by atomic mass is 127. The number of ether oxygens (including phenoxy) is 1. The number of nitrogens with one attached hydrogen (secondary N) is 1. The van der Waals surface area contributed by atoms with Gasteiger partial charge in [-0.05, 0) is 78.8 Å². The number of aryl methyl sites for hydroxylation is 1. The molecule has 0 saturated heterocycles. The second kappa shape index (κ2) is 11.3. The molecule has 216 valence electrons. The molecule has 0 spiro atoms. The van der Waals surface area contributed by atoms with Crippen molar-refractivity contribution in [2.75, 3.05) is 0 Å². The molecule has 0 radical (unpaired) electrons. The van der Waals surface area contributed by atoms with Crippen LogP contribution in [0.3, 0.4) is 0 Å². The van der Waals surface area contributed by atoms with Gasteiger partial charge >= 0.3 is 12.3 Å². The lowest BCUT2D eigenvalue weighted by molar-refractivity contribution is -0.390. The molecule has 0 aromatic heterocycles. The van der Waals surface area contributed by atoms with Crippen molar-refractivity contribution in [3.63, 3.8) is 0 Å². The lowest BCUT2D eigenvalue weighted by atomic mass is 9.65. The molecule has 1 aliphatic rings. The van der Waals surface area contributed by atoms with Gasteiger partial charge in [0.05, 0.1) is 5.92 Å². The topological polar surface area (TPSA) is 102 Å².